The number of hydrogen-bond donors (Lipinski definition) is 4. The summed E-state index contributed by atoms with van der Waals surface area (Å²) in [6, 6.07) is 16.1. The molecule has 204 valence electrons. The molecule has 1 aliphatic rings. The summed E-state index contributed by atoms with van der Waals surface area (Å²) in [5.74, 6) is 0.478. The van der Waals surface area contributed by atoms with Crippen LogP contribution in [-0.4, -0.2) is 66.8 Å². The first-order chi connectivity index (χ1) is 17.5. The van der Waals surface area contributed by atoms with Gasteiger partial charge in [-0.1, -0.05) is 42.5 Å². The van der Waals surface area contributed by atoms with Crippen molar-refractivity contribution in [2.75, 3.05) is 26.7 Å². The molecule has 1 saturated heterocycles. The van der Waals surface area contributed by atoms with Crippen LogP contribution in [0, 0.1) is 0 Å². The van der Waals surface area contributed by atoms with Crippen molar-refractivity contribution in [3.8, 4) is 5.75 Å². The fraction of sp³-hybridized carbons (Fsp3) is 0.500. The molecule has 1 fully saturated rings. The quantitative estimate of drug-likeness (QED) is 0.315. The lowest BCUT2D eigenvalue weighted by Gasteiger charge is -2.28. The summed E-state index contributed by atoms with van der Waals surface area (Å²) in [7, 11) is 1.63. The Labute approximate surface area is 226 Å². The number of hydrogen-bond acceptors (Lipinski definition) is 6. The molecule has 1 aliphatic heterocycles. The van der Waals surface area contributed by atoms with Gasteiger partial charge in [-0.05, 0) is 55.4 Å². The van der Waals surface area contributed by atoms with Crippen molar-refractivity contribution in [1.82, 2.24) is 15.5 Å². The second kappa shape index (κ2) is 16.2. The van der Waals surface area contributed by atoms with Gasteiger partial charge in [-0.2, -0.15) is 0 Å². The summed E-state index contributed by atoms with van der Waals surface area (Å²) >= 11 is 0. The first-order valence-corrected chi connectivity index (χ1v) is 12.9. The summed E-state index contributed by atoms with van der Waals surface area (Å²) in [6.07, 6.45) is 3.39. The Morgan fingerprint density at radius 2 is 1.76 bits per heavy atom. The third-order valence-electron chi connectivity index (χ3n) is 6.62. The molecule has 9 heteroatoms. The average molecular weight is 533 g/mol. The lowest BCUT2D eigenvalue weighted by molar-refractivity contribution is -0.132. The highest BCUT2D eigenvalue weighted by molar-refractivity contribution is 5.85. The molecule has 0 aromatic heterocycles. The Morgan fingerprint density at radius 3 is 2.46 bits per heavy atom. The first kappa shape index (κ1) is 30.6. The van der Waals surface area contributed by atoms with Gasteiger partial charge in [0, 0.05) is 32.6 Å². The second-order valence-corrected chi connectivity index (χ2v) is 9.44. The first-order valence-electron chi connectivity index (χ1n) is 12.9. The zero-order valence-electron chi connectivity index (χ0n) is 21.6. The highest BCUT2D eigenvalue weighted by Gasteiger charge is 2.25. The van der Waals surface area contributed by atoms with Gasteiger partial charge < -0.3 is 31.1 Å². The molecule has 0 bridgehead atoms. The number of rotatable bonds is 13. The fourth-order valence-electron chi connectivity index (χ4n) is 4.44. The summed E-state index contributed by atoms with van der Waals surface area (Å²) in [6.45, 7) is 2.42. The number of halogens is 1. The van der Waals surface area contributed by atoms with Gasteiger partial charge in [0.25, 0.3) is 0 Å². The number of amides is 2. The normalized spacial score (nSPS) is 15.7. The summed E-state index contributed by atoms with van der Waals surface area (Å²) < 4.78 is 5.26. The van der Waals surface area contributed by atoms with Gasteiger partial charge in [0.2, 0.25) is 11.8 Å². The van der Waals surface area contributed by atoms with Crippen LogP contribution in [0.1, 0.15) is 43.2 Å². The van der Waals surface area contributed by atoms with Crippen LogP contribution < -0.4 is 21.1 Å². The predicted molar refractivity (Wildman–Crippen MR) is 148 cm³/mol. The van der Waals surface area contributed by atoms with Crippen molar-refractivity contribution in [3.05, 3.63) is 65.7 Å². The van der Waals surface area contributed by atoms with Gasteiger partial charge in [0.05, 0.1) is 25.3 Å². The van der Waals surface area contributed by atoms with Crippen LogP contribution in [0.5, 0.6) is 5.75 Å². The Hall–Kier alpha value is -2.65. The standard InChI is InChI=1S/C28H40N4O4.ClH/c1-36-23-12-8-11-22(17-23)19-30-20-26(33)25(18-21-9-4-2-5-10-21)31-28(35)24(29)13-14-27(34)32-15-6-3-7-16-32;/h2,4-5,8-12,17,24-26,30,33H,3,6-7,13-16,18-20,29H2,1H3,(H,31,35);1H/t24?,25-,26+;/m0./s1. The number of aliphatic hydroxyl groups excluding tert-OH is 1. The Bertz CT molecular complexity index is 956. The number of methoxy groups -OCH3 is 1. The van der Waals surface area contributed by atoms with E-state index in [0.29, 0.717) is 13.0 Å². The minimum Gasteiger partial charge on any atom is -0.497 e. The zero-order valence-corrected chi connectivity index (χ0v) is 22.4. The number of ether oxygens (including phenoxy) is 1. The summed E-state index contributed by atoms with van der Waals surface area (Å²) in [4.78, 5) is 27.2. The van der Waals surface area contributed by atoms with Crippen LogP contribution in [0.4, 0.5) is 0 Å². The van der Waals surface area contributed by atoms with Gasteiger partial charge in [-0.15, -0.1) is 12.4 Å². The Morgan fingerprint density at radius 1 is 1.05 bits per heavy atom. The number of likely N-dealkylation sites (tertiary alicyclic amines) is 1. The molecule has 1 heterocycles. The van der Waals surface area contributed by atoms with E-state index in [1.807, 2.05) is 59.5 Å². The van der Waals surface area contributed by atoms with Crippen LogP contribution >= 0.6 is 12.4 Å². The maximum atomic E-state index is 12.9. The predicted octanol–water partition coefficient (Wildman–Crippen LogP) is 2.41. The van der Waals surface area contributed by atoms with Gasteiger partial charge in [-0.3, -0.25) is 9.59 Å². The molecule has 3 rings (SSSR count). The van der Waals surface area contributed by atoms with E-state index < -0.39 is 18.2 Å². The number of aliphatic hydroxyl groups is 1. The average Bonchev–Trinajstić information content (AvgIpc) is 2.92. The molecular weight excluding hydrogens is 492 g/mol. The van der Waals surface area contributed by atoms with E-state index in [9.17, 15) is 14.7 Å². The maximum absolute atomic E-state index is 12.9. The lowest BCUT2D eigenvalue weighted by atomic mass is 10.00. The highest BCUT2D eigenvalue weighted by Crippen LogP contribution is 2.13. The lowest BCUT2D eigenvalue weighted by Crippen LogP contribution is -2.53. The minimum absolute atomic E-state index is 0. The van der Waals surface area contributed by atoms with Crippen LogP contribution in [0.15, 0.2) is 54.6 Å². The number of nitrogens with zero attached hydrogens (tertiary/aromatic N) is 1. The molecule has 5 N–H and O–H groups in total. The molecule has 37 heavy (non-hydrogen) atoms. The molecule has 1 unspecified atom stereocenters. The SMILES string of the molecule is COc1cccc(CNC[C@@H](O)[C@H](Cc2ccccc2)NC(=O)C(N)CCC(=O)N2CCCCC2)c1.Cl. The van der Waals surface area contributed by atoms with E-state index in [2.05, 4.69) is 10.6 Å². The third kappa shape index (κ3) is 10.3. The Kier molecular flexibility index (Phi) is 13.4. The molecule has 0 spiro atoms. The number of benzene rings is 2. The second-order valence-electron chi connectivity index (χ2n) is 9.44. The number of carbonyl (C=O) groups is 2. The summed E-state index contributed by atoms with van der Waals surface area (Å²) in [5, 5.41) is 17.2. The van der Waals surface area contributed by atoms with Crippen molar-refractivity contribution in [3.63, 3.8) is 0 Å². The van der Waals surface area contributed by atoms with Crippen LogP contribution in [0.25, 0.3) is 0 Å². The van der Waals surface area contributed by atoms with Crippen LogP contribution in [0.3, 0.4) is 0 Å². The fourth-order valence-corrected chi connectivity index (χ4v) is 4.44. The number of nitrogens with two attached hydrogens (primary N) is 1. The number of piperidine rings is 1. The van der Waals surface area contributed by atoms with Crippen molar-refractivity contribution in [1.29, 1.82) is 0 Å². The molecule has 0 aliphatic carbocycles. The van der Waals surface area contributed by atoms with Crippen LogP contribution in [0.2, 0.25) is 0 Å². The molecular formula is C28H41ClN4O4. The maximum Gasteiger partial charge on any atom is 0.237 e. The third-order valence-corrected chi connectivity index (χ3v) is 6.62. The van der Waals surface area contributed by atoms with Crippen molar-refractivity contribution < 1.29 is 19.4 Å². The van der Waals surface area contributed by atoms with Crippen molar-refractivity contribution in [2.45, 2.75) is 63.3 Å². The van der Waals surface area contributed by atoms with Gasteiger partial charge in [0.15, 0.2) is 0 Å². The van der Waals surface area contributed by atoms with E-state index in [1.165, 1.54) is 0 Å². The minimum atomic E-state index is -0.832. The topological polar surface area (TPSA) is 117 Å². The molecule has 2 amide bonds. The van der Waals surface area contributed by atoms with Crippen molar-refractivity contribution >= 4 is 24.2 Å². The molecule has 0 saturated carbocycles. The van der Waals surface area contributed by atoms with Gasteiger partial charge in [-0.25, -0.2) is 0 Å². The summed E-state index contributed by atoms with van der Waals surface area (Å²) in [5.41, 5.74) is 8.18. The van der Waals surface area contributed by atoms with Crippen molar-refractivity contribution in [2.24, 2.45) is 5.73 Å². The Balaban J connectivity index is 0.00000481. The largest absolute Gasteiger partial charge is 0.497 e. The van der Waals surface area contributed by atoms with Gasteiger partial charge >= 0.3 is 0 Å². The van der Waals surface area contributed by atoms with E-state index >= 15 is 0 Å². The van der Waals surface area contributed by atoms with E-state index in [1.54, 1.807) is 7.11 Å². The molecule has 0 radical (unpaired) electrons. The smallest absolute Gasteiger partial charge is 0.237 e. The zero-order chi connectivity index (χ0) is 25.8. The van der Waals surface area contributed by atoms with E-state index in [4.69, 9.17) is 10.5 Å². The van der Waals surface area contributed by atoms with Crippen LogP contribution in [-0.2, 0) is 22.6 Å². The monoisotopic (exact) mass is 532 g/mol. The van der Waals surface area contributed by atoms with Gasteiger partial charge in [0.1, 0.15) is 5.75 Å². The highest BCUT2D eigenvalue weighted by atomic mass is 35.5. The molecule has 8 nitrogen and oxygen atoms in total. The number of nitrogens with one attached hydrogen (secondary N) is 2. The molecule has 2 aromatic carbocycles. The van der Waals surface area contributed by atoms with E-state index in [-0.39, 0.29) is 43.6 Å². The van der Waals surface area contributed by atoms with E-state index in [0.717, 1.165) is 49.2 Å². The number of carbonyl (C=O) groups excluding carboxylic acids is 2. The molecule has 2 aromatic rings. The molecule has 3 atom stereocenters.